The molecule has 0 atom stereocenters. The first kappa shape index (κ1) is 10.4. The van der Waals surface area contributed by atoms with Gasteiger partial charge in [-0.25, -0.2) is 0 Å². The Balaban J connectivity index is 2.73. The van der Waals surface area contributed by atoms with Crippen molar-refractivity contribution in [1.82, 2.24) is 10.4 Å². The van der Waals surface area contributed by atoms with Crippen LogP contribution < -0.4 is 11.2 Å². The third-order valence-corrected chi connectivity index (χ3v) is 1.57. The van der Waals surface area contributed by atoms with Gasteiger partial charge in [-0.2, -0.15) is 5.10 Å². The second kappa shape index (κ2) is 4.52. The van der Waals surface area contributed by atoms with Crippen LogP contribution in [0.15, 0.2) is 17.4 Å². The normalized spacial score (nSPS) is 10.4. The van der Waals surface area contributed by atoms with Crippen LogP contribution in [0.25, 0.3) is 0 Å². The van der Waals surface area contributed by atoms with Gasteiger partial charge in [0.25, 0.3) is 0 Å². The van der Waals surface area contributed by atoms with Gasteiger partial charge < -0.3 is 10.8 Å². The van der Waals surface area contributed by atoms with E-state index in [0.717, 1.165) is 5.56 Å². The van der Waals surface area contributed by atoms with Crippen molar-refractivity contribution in [2.45, 2.75) is 6.92 Å². The maximum atomic E-state index is 9.19. The van der Waals surface area contributed by atoms with Crippen LogP contribution in [0.3, 0.4) is 0 Å². The molecule has 1 heterocycles. The quantitative estimate of drug-likeness (QED) is 0.370. The number of rotatable bonds is 2. The fraction of sp³-hybridized carbons (Fsp3) is 0.125. The van der Waals surface area contributed by atoms with Crippen molar-refractivity contribution in [3.05, 3.63) is 23.5 Å². The zero-order chi connectivity index (χ0) is 10.6. The lowest BCUT2D eigenvalue weighted by atomic mass is 10.2. The molecule has 0 aliphatic heterocycles. The summed E-state index contributed by atoms with van der Waals surface area (Å²) in [5, 5.41) is 13.0. The lowest BCUT2D eigenvalue weighted by molar-refractivity contribution is 0.468. The third kappa shape index (κ3) is 2.98. The molecule has 0 amide bonds. The maximum absolute atomic E-state index is 9.19. The zero-order valence-electron chi connectivity index (χ0n) is 7.56. The summed E-state index contributed by atoms with van der Waals surface area (Å²) in [7, 11) is 0. The van der Waals surface area contributed by atoms with E-state index in [1.807, 2.05) is 0 Å². The highest BCUT2D eigenvalue weighted by Gasteiger charge is 1.96. The number of pyridine rings is 1. The molecule has 6 heteroatoms. The predicted molar refractivity (Wildman–Crippen MR) is 58.2 cm³/mol. The summed E-state index contributed by atoms with van der Waals surface area (Å²) in [6.07, 6.45) is 2.82. The average molecular weight is 210 g/mol. The fourth-order valence-electron chi connectivity index (χ4n) is 0.803. The van der Waals surface area contributed by atoms with Crippen molar-refractivity contribution >= 4 is 23.5 Å². The number of nitrogens with zero attached hydrogens (tertiary/aromatic N) is 2. The van der Waals surface area contributed by atoms with E-state index in [9.17, 15) is 5.11 Å². The molecular weight excluding hydrogens is 200 g/mol. The molecule has 0 aliphatic rings. The molecule has 74 valence electrons. The average Bonchev–Trinajstić information content (AvgIpc) is 2.10. The molecule has 0 fully saturated rings. The Morgan fingerprint density at radius 1 is 1.79 bits per heavy atom. The van der Waals surface area contributed by atoms with Crippen molar-refractivity contribution in [2.24, 2.45) is 10.8 Å². The summed E-state index contributed by atoms with van der Waals surface area (Å²) >= 11 is 4.55. The maximum Gasteiger partial charge on any atom is 0.184 e. The lowest BCUT2D eigenvalue weighted by Crippen LogP contribution is -2.24. The Morgan fingerprint density at radius 3 is 3.07 bits per heavy atom. The molecule has 0 bridgehead atoms. The van der Waals surface area contributed by atoms with Gasteiger partial charge in [0.05, 0.1) is 18.1 Å². The number of nitrogens with one attached hydrogen (secondary N) is 1. The molecule has 0 aliphatic carbocycles. The summed E-state index contributed by atoms with van der Waals surface area (Å²) in [5.41, 5.74) is 8.91. The Hall–Kier alpha value is -1.69. The first-order valence-corrected chi connectivity index (χ1v) is 4.24. The summed E-state index contributed by atoms with van der Waals surface area (Å²) < 4.78 is 0. The highest BCUT2D eigenvalue weighted by atomic mass is 32.1. The van der Waals surface area contributed by atoms with Gasteiger partial charge in [0, 0.05) is 0 Å². The van der Waals surface area contributed by atoms with Crippen LogP contribution in [0.1, 0.15) is 11.3 Å². The molecule has 1 aromatic rings. The zero-order valence-corrected chi connectivity index (χ0v) is 8.38. The molecule has 0 saturated carbocycles. The largest absolute Gasteiger partial charge is 0.506 e. The van der Waals surface area contributed by atoms with Gasteiger partial charge in [0.2, 0.25) is 0 Å². The second-order valence-corrected chi connectivity index (χ2v) is 3.07. The number of hydrazone groups is 1. The fourth-order valence-corrected chi connectivity index (χ4v) is 0.856. The molecule has 0 aromatic carbocycles. The first-order valence-electron chi connectivity index (χ1n) is 3.83. The molecule has 1 rings (SSSR count). The summed E-state index contributed by atoms with van der Waals surface area (Å²) in [5.74, 6) is 0.157. The van der Waals surface area contributed by atoms with E-state index in [-0.39, 0.29) is 10.9 Å². The molecule has 0 unspecified atom stereocenters. The molecule has 4 N–H and O–H groups in total. The third-order valence-electron chi connectivity index (χ3n) is 1.48. The van der Waals surface area contributed by atoms with Crippen LogP contribution in [0.5, 0.6) is 5.75 Å². The number of hydrogen-bond acceptors (Lipinski definition) is 4. The van der Waals surface area contributed by atoms with Crippen molar-refractivity contribution in [1.29, 1.82) is 0 Å². The number of aryl methyl sites for hydroxylation is 1. The number of hydrogen-bond donors (Lipinski definition) is 3. The lowest BCUT2D eigenvalue weighted by Gasteiger charge is -1.98. The molecular formula is C8H10N4OS. The van der Waals surface area contributed by atoms with Gasteiger partial charge >= 0.3 is 0 Å². The molecule has 0 spiro atoms. The van der Waals surface area contributed by atoms with Crippen LogP contribution in [0, 0.1) is 6.92 Å². The van der Waals surface area contributed by atoms with Crippen LogP contribution in [0.2, 0.25) is 0 Å². The van der Waals surface area contributed by atoms with Gasteiger partial charge in [0.15, 0.2) is 5.11 Å². The summed E-state index contributed by atoms with van der Waals surface area (Å²) in [4.78, 5) is 3.91. The van der Waals surface area contributed by atoms with Crippen LogP contribution in [-0.2, 0) is 0 Å². The van der Waals surface area contributed by atoms with Gasteiger partial charge in [-0.3, -0.25) is 10.4 Å². The second-order valence-electron chi connectivity index (χ2n) is 2.63. The smallest absolute Gasteiger partial charge is 0.184 e. The first-order chi connectivity index (χ1) is 6.59. The van der Waals surface area contributed by atoms with Crippen molar-refractivity contribution < 1.29 is 5.11 Å². The van der Waals surface area contributed by atoms with Gasteiger partial charge in [-0.15, -0.1) is 0 Å². The van der Waals surface area contributed by atoms with E-state index in [1.54, 1.807) is 13.0 Å². The molecule has 14 heavy (non-hydrogen) atoms. The number of aromatic hydroxyl groups is 1. The van der Waals surface area contributed by atoms with Crippen molar-refractivity contribution in [3.8, 4) is 5.75 Å². The van der Waals surface area contributed by atoms with Crippen LogP contribution in [-0.4, -0.2) is 21.4 Å². The standard InChI is InChI=1S/C8H10N4OS/c1-5-2-6(10-4-7(5)13)3-11-12-8(9)14/h2-4,13H,1H3,(H3,9,12,14)/b11-3+. The van der Waals surface area contributed by atoms with Crippen LogP contribution >= 0.6 is 12.2 Å². The van der Waals surface area contributed by atoms with Crippen LogP contribution in [0.4, 0.5) is 0 Å². The molecule has 0 saturated heterocycles. The Bertz CT molecular complexity index is 378. The van der Waals surface area contributed by atoms with Gasteiger partial charge in [-0.05, 0) is 30.8 Å². The Morgan fingerprint density at radius 2 is 2.50 bits per heavy atom. The minimum atomic E-state index is 0.0942. The van der Waals surface area contributed by atoms with E-state index in [0.29, 0.717) is 5.69 Å². The van der Waals surface area contributed by atoms with Gasteiger partial charge in [-0.1, -0.05) is 0 Å². The van der Waals surface area contributed by atoms with E-state index >= 15 is 0 Å². The van der Waals surface area contributed by atoms with Gasteiger partial charge in [0.1, 0.15) is 5.75 Å². The molecule has 5 nitrogen and oxygen atoms in total. The number of thiocarbonyl (C=S) groups is 1. The number of aromatic nitrogens is 1. The molecule has 1 aromatic heterocycles. The summed E-state index contributed by atoms with van der Waals surface area (Å²) in [6.45, 7) is 1.77. The minimum Gasteiger partial charge on any atom is -0.506 e. The predicted octanol–water partition coefficient (Wildman–Crippen LogP) is 0.263. The van der Waals surface area contributed by atoms with E-state index in [2.05, 4.69) is 27.7 Å². The highest BCUT2D eigenvalue weighted by Crippen LogP contribution is 2.12. The Labute approximate surface area is 86.7 Å². The Kier molecular flexibility index (Phi) is 3.35. The van der Waals surface area contributed by atoms with Crippen molar-refractivity contribution in [2.75, 3.05) is 0 Å². The summed E-state index contributed by atoms with van der Waals surface area (Å²) in [6, 6.07) is 1.69. The molecule has 0 radical (unpaired) electrons. The van der Waals surface area contributed by atoms with Crippen molar-refractivity contribution in [3.63, 3.8) is 0 Å². The van der Waals surface area contributed by atoms with E-state index < -0.39 is 0 Å². The minimum absolute atomic E-state index is 0.0942. The van der Waals surface area contributed by atoms with E-state index in [1.165, 1.54) is 12.4 Å². The monoisotopic (exact) mass is 210 g/mol. The number of nitrogens with two attached hydrogens (primary N) is 1. The SMILES string of the molecule is Cc1cc(/C=N/NC(N)=S)ncc1O. The highest BCUT2D eigenvalue weighted by molar-refractivity contribution is 7.80. The topological polar surface area (TPSA) is 83.5 Å². The van der Waals surface area contributed by atoms with E-state index in [4.69, 9.17) is 5.73 Å².